The highest BCUT2D eigenvalue weighted by Crippen LogP contribution is 2.39. The summed E-state index contributed by atoms with van der Waals surface area (Å²) < 4.78 is 15.6. The van der Waals surface area contributed by atoms with Crippen LogP contribution in [0, 0.1) is 12.7 Å². The number of urea groups is 1. The van der Waals surface area contributed by atoms with Crippen LogP contribution in [0.1, 0.15) is 15.9 Å². The van der Waals surface area contributed by atoms with E-state index in [1.807, 2.05) is 0 Å². The molecule has 3 aromatic heterocycles. The van der Waals surface area contributed by atoms with Crippen molar-refractivity contribution in [1.82, 2.24) is 19.7 Å². The third-order valence-corrected chi connectivity index (χ3v) is 6.63. The van der Waals surface area contributed by atoms with Gasteiger partial charge < -0.3 is 21.7 Å². The molecule has 0 atom stereocenters. The van der Waals surface area contributed by atoms with Crippen molar-refractivity contribution in [3.05, 3.63) is 78.1 Å². The number of aryl methyl sites for hydroxylation is 2. The van der Waals surface area contributed by atoms with Crippen molar-refractivity contribution in [2.24, 2.45) is 7.05 Å². The second kappa shape index (κ2) is 9.66. The van der Waals surface area contributed by atoms with Gasteiger partial charge in [-0.1, -0.05) is 6.07 Å². The first-order valence-electron chi connectivity index (χ1n) is 11.1. The molecule has 0 aliphatic carbocycles. The van der Waals surface area contributed by atoms with Gasteiger partial charge in [0.1, 0.15) is 22.8 Å². The van der Waals surface area contributed by atoms with Crippen LogP contribution in [0.5, 0.6) is 0 Å². The number of carbonyl (C=O) groups excluding carboxylic acids is 2. The monoisotopic (exact) mass is 516 g/mol. The molecule has 0 aliphatic rings. The normalized spacial score (nSPS) is 10.9. The number of fused-ring (bicyclic) bond motifs is 1. The van der Waals surface area contributed by atoms with E-state index in [9.17, 15) is 14.0 Å². The number of carbonyl (C=O) groups is 2. The maximum atomic E-state index is 13.9. The molecule has 5 N–H and O–H groups in total. The Balaban J connectivity index is 1.35. The van der Waals surface area contributed by atoms with Gasteiger partial charge in [-0.05, 0) is 48.9 Å². The van der Waals surface area contributed by atoms with E-state index in [2.05, 4.69) is 31.0 Å². The predicted octanol–water partition coefficient (Wildman–Crippen LogP) is 5.02. The number of nitrogens with zero attached hydrogens (tertiary/aromatic N) is 4. The van der Waals surface area contributed by atoms with Gasteiger partial charge in [-0.2, -0.15) is 5.10 Å². The van der Waals surface area contributed by atoms with E-state index in [-0.39, 0.29) is 17.4 Å². The van der Waals surface area contributed by atoms with E-state index in [1.165, 1.54) is 23.7 Å². The first-order valence-corrected chi connectivity index (χ1v) is 11.9. The van der Waals surface area contributed by atoms with E-state index in [1.54, 1.807) is 67.4 Å². The number of rotatable bonds is 5. The number of amides is 3. The van der Waals surface area contributed by atoms with Crippen LogP contribution in [0.25, 0.3) is 20.7 Å². The number of aromatic nitrogens is 4. The maximum Gasteiger partial charge on any atom is 0.323 e. The molecule has 12 heteroatoms. The molecule has 3 amide bonds. The minimum atomic E-state index is -0.595. The third-order valence-electron chi connectivity index (χ3n) is 5.48. The summed E-state index contributed by atoms with van der Waals surface area (Å²) in [7, 11) is 1.79. The van der Waals surface area contributed by atoms with Crippen molar-refractivity contribution in [3.63, 3.8) is 0 Å². The van der Waals surface area contributed by atoms with Gasteiger partial charge in [0.25, 0.3) is 5.91 Å². The number of hydrogen-bond acceptors (Lipinski definition) is 7. The van der Waals surface area contributed by atoms with Gasteiger partial charge in [0, 0.05) is 30.2 Å². The lowest BCUT2D eigenvalue weighted by atomic mass is 10.1. The number of halogens is 1. The van der Waals surface area contributed by atoms with Crippen molar-refractivity contribution in [3.8, 4) is 10.4 Å². The van der Waals surface area contributed by atoms with Crippen LogP contribution in [0.2, 0.25) is 0 Å². The van der Waals surface area contributed by atoms with E-state index in [4.69, 9.17) is 5.73 Å². The Labute approximate surface area is 214 Å². The highest BCUT2D eigenvalue weighted by Gasteiger charge is 2.24. The Morgan fingerprint density at radius 2 is 1.76 bits per heavy atom. The van der Waals surface area contributed by atoms with E-state index >= 15 is 0 Å². The van der Waals surface area contributed by atoms with Crippen molar-refractivity contribution in [2.75, 3.05) is 21.7 Å². The SMILES string of the molecule is Cc1ccc(F)c(NC(=O)Nc2ccc(NC(=O)c3c(-c4cnn(C)c4)sc4ncnc(N)c34)cc2)c1. The Hall–Kier alpha value is -4.84. The van der Waals surface area contributed by atoms with Gasteiger partial charge in [0.15, 0.2) is 0 Å². The minimum absolute atomic E-state index is 0.0806. The smallest absolute Gasteiger partial charge is 0.323 e. The molecule has 0 bridgehead atoms. The van der Waals surface area contributed by atoms with Gasteiger partial charge in [-0.15, -0.1) is 11.3 Å². The van der Waals surface area contributed by atoms with Crippen molar-refractivity contribution < 1.29 is 14.0 Å². The molecule has 5 aromatic rings. The number of nitrogens with two attached hydrogens (primary N) is 1. The van der Waals surface area contributed by atoms with Crippen molar-refractivity contribution in [2.45, 2.75) is 6.92 Å². The molecule has 0 unspecified atom stereocenters. The Morgan fingerprint density at radius 1 is 1.03 bits per heavy atom. The van der Waals surface area contributed by atoms with Crippen LogP contribution >= 0.6 is 11.3 Å². The number of nitrogens with one attached hydrogen (secondary N) is 3. The number of thiophene rings is 1. The Morgan fingerprint density at radius 3 is 2.46 bits per heavy atom. The summed E-state index contributed by atoms with van der Waals surface area (Å²) in [5, 5.41) is 12.7. The molecule has 2 aromatic carbocycles. The Kier molecular flexibility index (Phi) is 6.24. The summed E-state index contributed by atoms with van der Waals surface area (Å²) in [6.45, 7) is 1.80. The molecule has 5 rings (SSSR count). The number of nitrogen functional groups attached to an aromatic ring is 1. The van der Waals surface area contributed by atoms with Crippen LogP contribution < -0.4 is 21.7 Å². The van der Waals surface area contributed by atoms with Crippen LogP contribution in [-0.4, -0.2) is 31.7 Å². The fraction of sp³-hybridized carbons (Fsp3) is 0.0800. The molecule has 37 heavy (non-hydrogen) atoms. The summed E-state index contributed by atoms with van der Waals surface area (Å²) in [6.07, 6.45) is 4.83. The van der Waals surface area contributed by atoms with E-state index in [0.29, 0.717) is 32.0 Å². The van der Waals surface area contributed by atoms with Crippen molar-refractivity contribution >= 4 is 56.4 Å². The van der Waals surface area contributed by atoms with E-state index < -0.39 is 11.8 Å². The molecule has 10 nitrogen and oxygen atoms in total. The predicted molar refractivity (Wildman–Crippen MR) is 142 cm³/mol. The maximum absolute atomic E-state index is 13.9. The molecule has 186 valence electrons. The summed E-state index contributed by atoms with van der Waals surface area (Å²) in [6, 6.07) is 10.4. The first kappa shape index (κ1) is 23.9. The lowest BCUT2D eigenvalue weighted by Gasteiger charge is -2.11. The van der Waals surface area contributed by atoms with Gasteiger partial charge in [0.2, 0.25) is 0 Å². The first-order chi connectivity index (χ1) is 17.8. The van der Waals surface area contributed by atoms with E-state index in [0.717, 1.165) is 11.1 Å². The number of hydrogen-bond donors (Lipinski definition) is 4. The number of anilines is 4. The molecule has 0 saturated carbocycles. The van der Waals surface area contributed by atoms with Gasteiger partial charge in [-0.3, -0.25) is 9.48 Å². The lowest BCUT2D eigenvalue weighted by molar-refractivity contribution is 0.102. The zero-order valence-electron chi connectivity index (χ0n) is 19.7. The van der Waals surface area contributed by atoms with Crippen LogP contribution in [0.3, 0.4) is 0 Å². The minimum Gasteiger partial charge on any atom is -0.383 e. The standard InChI is InChI=1S/C25H21FN8O2S/c1-13-3-8-17(26)18(9-13)33-25(36)32-16-6-4-15(5-7-16)31-23(35)19-20-22(27)28-12-29-24(20)37-21(19)14-10-30-34(2)11-14/h3-12H,1-2H3,(H,31,35)(H2,27,28,29)(H2,32,33,36). The third kappa shape index (κ3) is 4.95. The van der Waals surface area contributed by atoms with Crippen LogP contribution in [0.4, 0.5) is 32.1 Å². The highest BCUT2D eigenvalue weighted by molar-refractivity contribution is 7.22. The molecule has 0 fully saturated rings. The zero-order valence-corrected chi connectivity index (χ0v) is 20.6. The number of benzene rings is 2. The molecule has 0 spiro atoms. The molecule has 3 heterocycles. The Bertz CT molecular complexity index is 1640. The van der Waals surface area contributed by atoms with Crippen molar-refractivity contribution in [1.29, 1.82) is 0 Å². The van der Waals surface area contributed by atoms with Gasteiger partial charge >= 0.3 is 6.03 Å². The largest absolute Gasteiger partial charge is 0.383 e. The van der Waals surface area contributed by atoms with Gasteiger partial charge in [0.05, 0.1) is 27.7 Å². The summed E-state index contributed by atoms with van der Waals surface area (Å²) in [5.74, 6) is -0.714. The molecule has 0 radical (unpaired) electrons. The average molecular weight is 517 g/mol. The summed E-state index contributed by atoms with van der Waals surface area (Å²) >= 11 is 1.33. The highest BCUT2D eigenvalue weighted by atomic mass is 32.1. The summed E-state index contributed by atoms with van der Waals surface area (Å²) in [4.78, 5) is 35.3. The second-order valence-corrected chi connectivity index (χ2v) is 9.24. The molecule has 0 aliphatic heterocycles. The van der Waals surface area contributed by atoms with Gasteiger partial charge in [-0.25, -0.2) is 19.2 Å². The zero-order chi connectivity index (χ0) is 26.1. The summed E-state index contributed by atoms with van der Waals surface area (Å²) in [5.41, 5.74) is 9.06. The molecular weight excluding hydrogens is 495 g/mol. The average Bonchev–Trinajstić information content (AvgIpc) is 3.47. The molecule has 0 saturated heterocycles. The topological polar surface area (TPSA) is 140 Å². The van der Waals surface area contributed by atoms with Crippen LogP contribution in [0.15, 0.2) is 61.2 Å². The quantitative estimate of drug-likeness (QED) is 0.259. The molecular formula is C25H21FN8O2S. The fourth-order valence-corrected chi connectivity index (χ4v) is 4.89. The van der Waals surface area contributed by atoms with Crippen LogP contribution in [-0.2, 0) is 7.05 Å². The lowest BCUT2D eigenvalue weighted by Crippen LogP contribution is -2.20. The second-order valence-electron chi connectivity index (χ2n) is 8.24. The fourth-order valence-electron chi connectivity index (χ4n) is 3.76.